The highest BCUT2D eigenvalue weighted by molar-refractivity contribution is 9.10. The quantitative estimate of drug-likeness (QED) is 0.778. The summed E-state index contributed by atoms with van der Waals surface area (Å²) in [6.45, 7) is 0. The van der Waals surface area contributed by atoms with Crippen molar-refractivity contribution in [3.8, 4) is 0 Å². The summed E-state index contributed by atoms with van der Waals surface area (Å²) in [5, 5.41) is 10.8. The number of hydrogen-bond acceptors (Lipinski definition) is 7. The van der Waals surface area contributed by atoms with Crippen molar-refractivity contribution >= 4 is 51.2 Å². The van der Waals surface area contributed by atoms with Gasteiger partial charge < -0.3 is 9.73 Å². The Balaban J connectivity index is 1.80. The Morgan fingerprint density at radius 1 is 1.45 bits per heavy atom. The first-order valence-electron chi connectivity index (χ1n) is 5.53. The highest BCUT2D eigenvalue weighted by Crippen LogP contribution is 2.18. The maximum absolute atomic E-state index is 11.7. The van der Waals surface area contributed by atoms with Crippen LogP contribution in [0.15, 0.2) is 32.4 Å². The number of aromatic nitrogens is 3. The number of hydrogen-bond donors (Lipinski definition) is 1. The van der Waals surface area contributed by atoms with Crippen LogP contribution < -0.4 is 5.32 Å². The first-order chi connectivity index (χ1) is 9.67. The summed E-state index contributed by atoms with van der Waals surface area (Å²) < 4.78 is 6.22. The summed E-state index contributed by atoms with van der Waals surface area (Å²) >= 11 is 6.08. The number of thioether (sulfide) groups is 2. The lowest BCUT2D eigenvalue weighted by atomic mass is 10.4. The van der Waals surface area contributed by atoms with Gasteiger partial charge in [-0.25, -0.2) is 4.98 Å². The van der Waals surface area contributed by atoms with Gasteiger partial charge in [-0.3, -0.25) is 4.79 Å². The van der Waals surface area contributed by atoms with Crippen LogP contribution in [-0.2, 0) is 10.5 Å². The number of nitrogens with one attached hydrogen (secondary N) is 1. The maximum atomic E-state index is 11.7. The molecule has 2 heterocycles. The van der Waals surface area contributed by atoms with E-state index in [1.807, 2.05) is 12.3 Å². The third kappa shape index (κ3) is 4.80. The molecule has 1 amide bonds. The molecular weight excluding hydrogens is 364 g/mol. The molecular formula is C11H11BrN4O2S2. The molecule has 1 N–H and O–H groups in total. The van der Waals surface area contributed by atoms with Gasteiger partial charge in [0.25, 0.3) is 5.22 Å². The summed E-state index contributed by atoms with van der Waals surface area (Å²) in [5.41, 5.74) is 0. The molecule has 2 aromatic rings. The molecule has 0 radical (unpaired) electrons. The highest BCUT2D eigenvalue weighted by atomic mass is 79.9. The van der Waals surface area contributed by atoms with Crippen LogP contribution in [0.25, 0.3) is 0 Å². The number of pyridine rings is 1. The largest absolute Gasteiger partial charge is 0.415 e. The van der Waals surface area contributed by atoms with Crippen molar-refractivity contribution in [2.45, 2.75) is 11.0 Å². The molecule has 2 rings (SSSR count). The summed E-state index contributed by atoms with van der Waals surface area (Å²) in [7, 11) is 0. The van der Waals surface area contributed by atoms with Crippen molar-refractivity contribution in [1.82, 2.24) is 15.2 Å². The standard InChI is InChI=1S/C11H11BrN4O2S2/c1-19-6-10-15-16-11(18-10)20-5-9(17)14-8-3-2-7(12)4-13-8/h2-4H,5-6H2,1H3,(H,13,14,17). The fourth-order valence-electron chi connectivity index (χ4n) is 1.23. The van der Waals surface area contributed by atoms with Crippen LogP contribution in [0.5, 0.6) is 0 Å². The van der Waals surface area contributed by atoms with Crippen molar-refractivity contribution in [1.29, 1.82) is 0 Å². The number of amides is 1. The normalized spacial score (nSPS) is 10.5. The van der Waals surface area contributed by atoms with Gasteiger partial charge in [0.15, 0.2) is 0 Å². The summed E-state index contributed by atoms with van der Waals surface area (Å²) in [4.78, 5) is 15.8. The van der Waals surface area contributed by atoms with Crippen LogP contribution in [0.2, 0.25) is 0 Å². The molecule has 0 aliphatic carbocycles. The van der Waals surface area contributed by atoms with Crippen LogP contribution in [-0.4, -0.2) is 33.1 Å². The Morgan fingerprint density at radius 2 is 2.30 bits per heavy atom. The van der Waals surface area contributed by atoms with Gasteiger partial charge in [0.2, 0.25) is 11.8 Å². The van der Waals surface area contributed by atoms with Gasteiger partial charge in [-0.1, -0.05) is 11.8 Å². The first-order valence-corrected chi connectivity index (χ1v) is 8.70. The average Bonchev–Trinajstić information content (AvgIpc) is 2.87. The third-order valence-electron chi connectivity index (χ3n) is 2.04. The van der Waals surface area contributed by atoms with E-state index in [4.69, 9.17) is 4.42 Å². The molecule has 0 fully saturated rings. The number of halogens is 1. The molecule has 0 aromatic carbocycles. The molecule has 0 bridgehead atoms. The van der Waals surface area contributed by atoms with E-state index < -0.39 is 0 Å². The fraction of sp³-hybridized carbons (Fsp3) is 0.273. The number of nitrogens with zero attached hydrogens (tertiary/aromatic N) is 3. The maximum Gasteiger partial charge on any atom is 0.277 e. The van der Waals surface area contributed by atoms with Crippen LogP contribution in [0.1, 0.15) is 5.89 Å². The van der Waals surface area contributed by atoms with Crippen molar-refractivity contribution in [2.24, 2.45) is 0 Å². The molecule has 0 unspecified atom stereocenters. The van der Waals surface area contributed by atoms with Gasteiger partial charge in [0.05, 0.1) is 11.5 Å². The van der Waals surface area contributed by atoms with Crippen molar-refractivity contribution in [3.05, 3.63) is 28.7 Å². The van der Waals surface area contributed by atoms with Crippen molar-refractivity contribution < 1.29 is 9.21 Å². The number of carbonyl (C=O) groups excluding carboxylic acids is 1. The van der Waals surface area contributed by atoms with Gasteiger partial charge in [-0.05, 0) is 34.3 Å². The lowest BCUT2D eigenvalue weighted by Gasteiger charge is -2.02. The third-order valence-corrected chi connectivity index (χ3v) is 3.86. The van der Waals surface area contributed by atoms with E-state index in [1.54, 1.807) is 24.0 Å². The minimum Gasteiger partial charge on any atom is -0.415 e. The molecule has 0 spiro atoms. The summed E-state index contributed by atoms with van der Waals surface area (Å²) in [5.74, 6) is 1.76. The smallest absolute Gasteiger partial charge is 0.277 e. The molecule has 6 nitrogen and oxygen atoms in total. The fourth-order valence-corrected chi connectivity index (χ4v) is 2.41. The Bertz CT molecular complexity index is 576. The molecule has 106 valence electrons. The van der Waals surface area contributed by atoms with E-state index in [0.717, 1.165) is 4.47 Å². The van der Waals surface area contributed by atoms with Crippen molar-refractivity contribution in [2.75, 3.05) is 17.3 Å². The molecule has 0 saturated heterocycles. The molecule has 9 heteroatoms. The molecule has 2 aromatic heterocycles. The summed E-state index contributed by atoms with van der Waals surface area (Å²) in [6, 6.07) is 3.53. The first kappa shape index (κ1) is 15.3. The van der Waals surface area contributed by atoms with Gasteiger partial charge in [0.1, 0.15) is 5.82 Å². The van der Waals surface area contributed by atoms with E-state index in [0.29, 0.717) is 22.7 Å². The molecule has 0 aliphatic heterocycles. The topological polar surface area (TPSA) is 80.9 Å². The zero-order chi connectivity index (χ0) is 14.4. The molecule has 20 heavy (non-hydrogen) atoms. The second-order valence-electron chi connectivity index (χ2n) is 3.59. The van der Waals surface area contributed by atoms with E-state index in [-0.39, 0.29) is 11.7 Å². The Hall–Kier alpha value is -1.06. The minimum atomic E-state index is -0.172. The molecule has 0 aliphatic rings. The Morgan fingerprint density at radius 3 is 3.00 bits per heavy atom. The van der Waals surface area contributed by atoms with E-state index in [2.05, 4.69) is 36.4 Å². The van der Waals surface area contributed by atoms with Gasteiger partial charge >= 0.3 is 0 Å². The minimum absolute atomic E-state index is 0.172. The SMILES string of the molecule is CSCc1nnc(SCC(=O)Nc2ccc(Br)cn2)o1. The average molecular weight is 375 g/mol. The van der Waals surface area contributed by atoms with Crippen LogP contribution in [0.3, 0.4) is 0 Å². The Labute approximate surface area is 132 Å². The molecule has 0 saturated carbocycles. The Kier molecular flexibility index (Phi) is 5.86. The van der Waals surface area contributed by atoms with Crippen LogP contribution >= 0.6 is 39.5 Å². The predicted molar refractivity (Wildman–Crippen MR) is 82.8 cm³/mol. The van der Waals surface area contributed by atoms with Gasteiger partial charge in [-0.15, -0.1) is 10.2 Å². The summed E-state index contributed by atoms with van der Waals surface area (Å²) in [6.07, 6.45) is 3.57. The number of carbonyl (C=O) groups is 1. The lowest BCUT2D eigenvalue weighted by molar-refractivity contribution is -0.113. The molecule has 0 atom stereocenters. The zero-order valence-corrected chi connectivity index (χ0v) is 13.7. The predicted octanol–water partition coefficient (Wildman–Crippen LogP) is 2.82. The number of anilines is 1. The second kappa shape index (κ2) is 7.65. The van der Waals surface area contributed by atoms with Gasteiger partial charge in [0, 0.05) is 10.7 Å². The van der Waals surface area contributed by atoms with Crippen molar-refractivity contribution in [3.63, 3.8) is 0 Å². The zero-order valence-electron chi connectivity index (χ0n) is 10.5. The number of rotatable bonds is 6. The lowest BCUT2D eigenvalue weighted by Crippen LogP contribution is -2.14. The highest BCUT2D eigenvalue weighted by Gasteiger charge is 2.10. The second-order valence-corrected chi connectivity index (χ2v) is 6.30. The monoisotopic (exact) mass is 374 g/mol. The van der Waals surface area contributed by atoms with E-state index in [9.17, 15) is 4.79 Å². The van der Waals surface area contributed by atoms with Crippen LogP contribution in [0.4, 0.5) is 5.82 Å². The van der Waals surface area contributed by atoms with E-state index in [1.165, 1.54) is 11.8 Å². The van der Waals surface area contributed by atoms with Crippen LogP contribution in [0, 0.1) is 0 Å². The van der Waals surface area contributed by atoms with Gasteiger partial charge in [-0.2, -0.15) is 11.8 Å². The van der Waals surface area contributed by atoms with E-state index >= 15 is 0 Å².